The van der Waals surface area contributed by atoms with Gasteiger partial charge in [0.1, 0.15) is 5.75 Å². The molecule has 1 heterocycles. The van der Waals surface area contributed by atoms with Crippen molar-refractivity contribution in [1.82, 2.24) is 4.57 Å². The Morgan fingerprint density at radius 1 is 1.00 bits per heavy atom. The van der Waals surface area contributed by atoms with Gasteiger partial charge in [-0.15, -0.1) is 0 Å². The fourth-order valence-corrected chi connectivity index (χ4v) is 2.64. The molecule has 26 heavy (non-hydrogen) atoms. The van der Waals surface area contributed by atoms with Gasteiger partial charge < -0.3 is 14.4 Å². The molecule has 0 atom stereocenters. The highest BCUT2D eigenvalue weighted by Crippen LogP contribution is 2.16. The van der Waals surface area contributed by atoms with Crippen LogP contribution in [-0.2, 0) is 11.3 Å². The van der Waals surface area contributed by atoms with Gasteiger partial charge in [-0.25, -0.2) is 4.79 Å². The Morgan fingerprint density at radius 3 is 2.35 bits per heavy atom. The molecule has 0 amide bonds. The van der Waals surface area contributed by atoms with Crippen LogP contribution in [0.1, 0.15) is 27.2 Å². The molecule has 132 valence electrons. The molecule has 0 spiro atoms. The molecule has 5 nitrogen and oxygen atoms in total. The van der Waals surface area contributed by atoms with Gasteiger partial charge in [-0.2, -0.15) is 0 Å². The van der Waals surface area contributed by atoms with Crippen LogP contribution in [0, 0.1) is 6.92 Å². The molecule has 5 heteroatoms. The van der Waals surface area contributed by atoms with Crippen molar-refractivity contribution in [3.63, 3.8) is 0 Å². The summed E-state index contributed by atoms with van der Waals surface area (Å²) >= 11 is 0. The van der Waals surface area contributed by atoms with Crippen LogP contribution < -0.4 is 4.74 Å². The van der Waals surface area contributed by atoms with Crippen molar-refractivity contribution in [2.45, 2.75) is 13.5 Å². The highest BCUT2D eigenvalue weighted by Gasteiger charge is 2.13. The molecule has 3 rings (SSSR count). The topological polar surface area (TPSA) is 68.5 Å². The first-order valence-corrected chi connectivity index (χ1v) is 8.23. The lowest BCUT2D eigenvalue weighted by molar-refractivity contribution is -0.139. The molecule has 3 aromatic rings. The van der Waals surface area contributed by atoms with Crippen LogP contribution in [0.3, 0.4) is 0 Å². The summed E-state index contributed by atoms with van der Waals surface area (Å²) in [5.41, 5.74) is 3.39. The molecule has 2 aromatic carbocycles. The maximum absolute atomic E-state index is 12.7. The Balaban J connectivity index is 1.73. The molecule has 0 radical (unpaired) electrons. The number of aromatic nitrogens is 1. The Morgan fingerprint density at radius 2 is 1.69 bits per heavy atom. The van der Waals surface area contributed by atoms with Crippen LogP contribution in [0.25, 0.3) is 0 Å². The number of aliphatic carboxylic acids is 1. The number of benzene rings is 2. The molecule has 1 aromatic heterocycles. The molecular weight excluding hydrogens is 330 g/mol. The SMILES string of the molecule is Cc1ccc(C(=O)c2cccn2Cc2ccc(OCC(=O)O)cc2)cc1. The van der Waals surface area contributed by atoms with E-state index in [0.29, 0.717) is 23.6 Å². The number of ketones is 1. The number of hydrogen-bond donors (Lipinski definition) is 1. The second kappa shape index (κ2) is 7.70. The fourth-order valence-electron chi connectivity index (χ4n) is 2.64. The number of aryl methyl sites for hydroxylation is 1. The predicted octanol–water partition coefficient (Wildman–Crippen LogP) is 3.54. The molecule has 0 aliphatic carbocycles. The van der Waals surface area contributed by atoms with Gasteiger partial charge in [-0.1, -0.05) is 42.0 Å². The minimum absolute atomic E-state index is 0.0172. The van der Waals surface area contributed by atoms with Crippen LogP contribution in [0.4, 0.5) is 0 Å². The largest absolute Gasteiger partial charge is 0.482 e. The monoisotopic (exact) mass is 349 g/mol. The average molecular weight is 349 g/mol. The van der Waals surface area contributed by atoms with Crippen molar-refractivity contribution < 1.29 is 19.4 Å². The fraction of sp³-hybridized carbons (Fsp3) is 0.143. The molecule has 0 saturated heterocycles. The number of carboxylic acids is 1. The summed E-state index contributed by atoms with van der Waals surface area (Å²) in [6, 6.07) is 18.4. The number of carbonyl (C=O) groups excluding carboxylic acids is 1. The maximum atomic E-state index is 12.7. The van der Waals surface area contributed by atoms with E-state index in [1.54, 1.807) is 12.1 Å². The van der Waals surface area contributed by atoms with E-state index in [0.717, 1.165) is 11.1 Å². The molecular formula is C21H19NO4. The quantitative estimate of drug-likeness (QED) is 0.663. The molecule has 1 N–H and O–H groups in total. The van der Waals surface area contributed by atoms with Gasteiger partial charge in [0.2, 0.25) is 5.78 Å². The second-order valence-corrected chi connectivity index (χ2v) is 6.04. The molecule has 0 unspecified atom stereocenters. The first-order valence-electron chi connectivity index (χ1n) is 8.23. The summed E-state index contributed by atoms with van der Waals surface area (Å²) in [5.74, 6) is -0.531. The van der Waals surface area contributed by atoms with Crippen LogP contribution >= 0.6 is 0 Å². The van der Waals surface area contributed by atoms with Crippen molar-refractivity contribution in [3.8, 4) is 5.75 Å². The summed E-state index contributed by atoms with van der Waals surface area (Å²) < 4.78 is 7.02. The maximum Gasteiger partial charge on any atom is 0.341 e. The standard InChI is InChI=1S/C21H19NO4/c1-15-4-8-17(9-5-15)21(25)19-3-2-12-22(19)13-16-6-10-18(11-7-16)26-14-20(23)24/h2-12H,13-14H2,1H3,(H,23,24). The molecule has 0 fully saturated rings. The third-order valence-corrected chi connectivity index (χ3v) is 4.01. The third-order valence-electron chi connectivity index (χ3n) is 4.01. The first kappa shape index (κ1) is 17.5. The van der Waals surface area contributed by atoms with E-state index in [4.69, 9.17) is 9.84 Å². The molecule has 0 aliphatic heterocycles. The summed E-state index contributed by atoms with van der Waals surface area (Å²) in [6.45, 7) is 2.16. The zero-order valence-electron chi connectivity index (χ0n) is 14.4. The number of hydrogen-bond acceptors (Lipinski definition) is 3. The number of carboxylic acid groups (broad SMARTS) is 1. The highest BCUT2D eigenvalue weighted by molar-refractivity contribution is 6.08. The van der Waals surface area contributed by atoms with Crippen LogP contribution in [0.5, 0.6) is 5.75 Å². The van der Waals surface area contributed by atoms with Gasteiger partial charge in [0, 0.05) is 18.3 Å². The molecule has 0 aliphatic rings. The lowest BCUT2D eigenvalue weighted by atomic mass is 10.1. The zero-order valence-corrected chi connectivity index (χ0v) is 14.4. The van der Waals surface area contributed by atoms with E-state index in [1.807, 2.05) is 66.2 Å². The van der Waals surface area contributed by atoms with E-state index in [-0.39, 0.29) is 12.4 Å². The van der Waals surface area contributed by atoms with Crippen LogP contribution in [-0.4, -0.2) is 28.0 Å². The van der Waals surface area contributed by atoms with Crippen molar-refractivity contribution in [2.75, 3.05) is 6.61 Å². The van der Waals surface area contributed by atoms with Gasteiger partial charge in [0.05, 0.1) is 5.69 Å². The Kier molecular flexibility index (Phi) is 5.17. The Bertz CT molecular complexity index is 908. The summed E-state index contributed by atoms with van der Waals surface area (Å²) in [6.07, 6.45) is 1.87. The number of nitrogens with zero attached hydrogens (tertiary/aromatic N) is 1. The van der Waals surface area contributed by atoms with E-state index in [2.05, 4.69) is 0 Å². The zero-order chi connectivity index (χ0) is 18.5. The second-order valence-electron chi connectivity index (χ2n) is 6.04. The average Bonchev–Trinajstić information content (AvgIpc) is 3.09. The van der Waals surface area contributed by atoms with E-state index in [1.165, 1.54) is 0 Å². The summed E-state index contributed by atoms with van der Waals surface area (Å²) in [5, 5.41) is 8.63. The van der Waals surface area contributed by atoms with Crippen molar-refractivity contribution in [2.24, 2.45) is 0 Å². The molecule has 0 saturated carbocycles. The normalized spacial score (nSPS) is 10.5. The predicted molar refractivity (Wildman–Crippen MR) is 97.7 cm³/mol. The lowest BCUT2D eigenvalue weighted by Gasteiger charge is -2.10. The van der Waals surface area contributed by atoms with Gasteiger partial charge in [-0.3, -0.25) is 4.79 Å². The lowest BCUT2D eigenvalue weighted by Crippen LogP contribution is -2.11. The molecule has 0 bridgehead atoms. The smallest absolute Gasteiger partial charge is 0.341 e. The van der Waals surface area contributed by atoms with Crippen LogP contribution in [0.2, 0.25) is 0 Å². The minimum atomic E-state index is -1.01. The number of ether oxygens (including phenoxy) is 1. The summed E-state index contributed by atoms with van der Waals surface area (Å²) in [4.78, 5) is 23.3. The summed E-state index contributed by atoms with van der Waals surface area (Å²) in [7, 11) is 0. The third kappa shape index (κ3) is 4.19. The number of carbonyl (C=O) groups is 2. The van der Waals surface area contributed by atoms with Gasteiger partial charge in [-0.05, 0) is 36.8 Å². The first-order chi connectivity index (χ1) is 12.5. The minimum Gasteiger partial charge on any atom is -0.482 e. The Labute approximate surface area is 151 Å². The van der Waals surface area contributed by atoms with Crippen molar-refractivity contribution in [1.29, 1.82) is 0 Å². The Hall–Kier alpha value is -3.34. The van der Waals surface area contributed by atoms with E-state index in [9.17, 15) is 9.59 Å². The van der Waals surface area contributed by atoms with Crippen molar-refractivity contribution >= 4 is 11.8 Å². The van der Waals surface area contributed by atoms with E-state index < -0.39 is 5.97 Å². The van der Waals surface area contributed by atoms with Gasteiger partial charge in [0.15, 0.2) is 6.61 Å². The van der Waals surface area contributed by atoms with Gasteiger partial charge >= 0.3 is 5.97 Å². The van der Waals surface area contributed by atoms with Gasteiger partial charge in [0.25, 0.3) is 0 Å². The van der Waals surface area contributed by atoms with Crippen LogP contribution in [0.15, 0.2) is 66.9 Å². The van der Waals surface area contributed by atoms with Crippen molar-refractivity contribution in [3.05, 3.63) is 89.2 Å². The number of rotatable bonds is 7. The van der Waals surface area contributed by atoms with E-state index >= 15 is 0 Å². The highest BCUT2D eigenvalue weighted by atomic mass is 16.5.